The molecule has 1 heterocycles. The van der Waals surface area contributed by atoms with Crippen LogP contribution < -0.4 is 5.73 Å². The van der Waals surface area contributed by atoms with E-state index >= 15 is 0 Å². The highest BCUT2D eigenvalue weighted by atomic mass is 32.2. The van der Waals surface area contributed by atoms with Crippen molar-refractivity contribution in [3.63, 3.8) is 0 Å². The lowest BCUT2D eigenvalue weighted by molar-refractivity contribution is 0.585. The Bertz CT molecular complexity index is 492. The summed E-state index contributed by atoms with van der Waals surface area (Å²) >= 11 is 0. The Balaban J connectivity index is 2.20. The number of hydrogen-bond acceptors (Lipinski definition) is 4. The van der Waals surface area contributed by atoms with E-state index in [9.17, 15) is 8.42 Å². The van der Waals surface area contributed by atoms with E-state index < -0.39 is 9.84 Å². The molecule has 2 N–H and O–H groups in total. The van der Waals surface area contributed by atoms with Crippen molar-refractivity contribution in [3.05, 3.63) is 23.9 Å². The summed E-state index contributed by atoms with van der Waals surface area (Å²) in [5.41, 5.74) is 6.71. The molecule has 1 fully saturated rings. The van der Waals surface area contributed by atoms with Crippen LogP contribution in [-0.2, 0) is 16.3 Å². The predicted molar refractivity (Wildman–Crippen MR) is 61.8 cm³/mol. The molecule has 0 aliphatic heterocycles. The van der Waals surface area contributed by atoms with E-state index in [0.717, 1.165) is 24.8 Å². The summed E-state index contributed by atoms with van der Waals surface area (Å²) < 4.78 is 23.0. The number of rotatable bonds is 4. The van der Waals surface area contributed by atoms with Crippen molar-refractivity contribution in [2.45, 2.75) is 36.2 Å². The van der Waals surface area contributed by atoms with Gasteiger partial charge in [-0.15, -0.1) is 0 Å². The molecule has 1 aromatic rings. The Hall–Kier alpha value is -0.940. The van der Waals surface area contributed by atoms with Crippen LogP contribution in [0.15, 0.2) is 23.4 Å². The molecule has 0 amide bonds. The molecule has 88 valence electrons. The Morgan fingerprint density at radius 1 is 1.50 bits per heavy atom. The minimum Gasteiger partial charge on any atom is -0.325 e. The minimum atomic E-state index is -3.23. The van der Waals surface area contributed by atoms with Crippen molar-refractivity contribution in [2.75, 3.05) is 6.26 Å². The third kappa shape index (κ3) is 2.59. The standard InChI is InChI=1S/C11H16N2O2S/c1-16(14,15)10-9(3-2-8-13-10)4-5-11(12)6-7-11/h2-3,8H,4-7,12H2,1H3. The maximum absolute atomic E-state index is 11.5. The second kappa shape index (κ2) is 3.82. The molecule has 0 saturated heterocycles. The molecule has 2 rings (SSSR count). The molecule has 0 unspecified atom stereocenters. The quantitative estimate of drug-likeness (QED) is 0.849. The first-order chi connectivity index (χ1) is 7.41. The van der Waals surface area contributed by atoms with E-state index in [-0.39, 0.29) is 10.6 Å². The molecule has 1 aliphatic carbocycles. The highest BCUT2D eigenvalue weighted by molar-refractivity contribution is 7.90. The summed E-state index contributed by atoms with van der Waals surface area (Å²) in [5.74, 6) is 0. The number of aryl methyl sites for hydroxylation is 1. The Labute approximate surface area is 95.8 Å². The van der Waals surface area contributed by atoms with Crippen molar-refractivity contribution < 1.29 is 8.42 Å². The van der Waals surface area contributed by atoms with Crippen LogP contribution in [0.2, 0.25) is 0 Å². The number of hydrogen-bond donors (Lipinski definition) is 1. The summed E-state index contributed by atoms with van der Waals surface area (Å²) in [5, 5.41) is 0.194. The van der Waals surface area contributed by atoms with Crippen LogP contribution in [0.5, 0.6) is 0 Å². The first kappa shape index (κ1) is 11.5. The maximum atomic E-state index is 11.5. The van der Waals surface area contributed by atoms with Gasteiger partial charge in [-0.25, -0.2) is 13.4 Å². The molecule has 1 aromatic heterocycles. The molecular formula is C11H16N2O2S. The number of nitrogens with two attached hydrogens (primary N) is 1. The normalized spacial score (nSPS) is 18.4. The van der Waals surface area contributed by atoms with Crippen molar-refractivity contribution in [1.29, 1.82) is 0 Å². The monoisotopic (exact) mass is 240 g/mol. The minimum absolute atomic E-state index is 0.0510. The van der Waals surface area contributed by atoms with Crippen molar-refractivity contribution in [3.8, 4) is 0 Å². The zero-order chi connectivity index (χ0) is 11.8. The average Bonchev–Trinajstić information content (AvgIpc) is 2.94. The summed E-state index contributed by atoms with van der Waals surface area (Å²) in [4.78, 5) is 3.94. The van der Waals surface area contributed by atoms with Gasteiger partial charge in [-0.05, 0) is 37.3 Å². The van der Waals surface area contributed by atoms with Gasteiger partial charge in [0.25, 0.3) is 0 Å². The first-order valence-corrected chi connectivity index (χ1v) is 7.23. The van der Waals surface area contributed by atoms with Crippen LogP contribution in [0, 0.1) is 0 Å². The molecule has 1 aliphatic rings. The van der Waals surface area contributed by atoms with E-state index in [0.29, 0.717) is 6.42 Å². The predicted octanol–water partition coefficient (Wildman–Crippen LogP) is 0.909. The van der Waals surface area contributed by atoms with Crippen molar-refractivity contribution >= 4 is 9.84 Å². The van der Waals surface area contributed by atoms with Crippen LogP contribution in [-0.4, -0.2) is 25.2 Å². The second-order valence-electron chi connectivity index (χ2n) is 4.60. The van der Waals surface area contributed by atoms with Gasteiger partial charge in [-0.1, -0.05) is 6.07 Å². The second-order valence-corrected chi connectivity index (χ2v) is 6.53. The van der Waals surface area contributed by atoms with E-state index in [4.69, 9.17) is 5.73 Å². The van der Waals surface area contributed by atoms with Crippen LogP contribution in [0.1, 0.15) is 24.8 Å². The zero-order valence-corrected chi connectivity index (χ0v) is 10.1. The van der Waals surface area contributed by atoms with Crippen LogP contribution in [0.4, 0.5) is 0 Å². The van der Waals surface area contributed by atoms with E-state index in [1.54, 1.807) is 6.07 Å². The molecule has 16 heavy (non-hydrogen) atoms. The molecular weight excluding hydrogens is 224 g/mol. The molecule has 0 spiro atoms. The maximum Gasteiger partial charge on any atom is 0.193 e. The van der Waals surface area contributed by atoms with E-state index in [1.165, 1.54) is 12.5 Å². The molecule has 0 atom stereocenters. The topological polar surface area (TPSA) is 73.0 Å². The summed E-state index contributed by atoms with van der Waals surface area (Å²) in [6.07, 6.45) is 6.31. The fourth-order valence-electron chi connectivity index (χ4n) is 1.74. The molecule has 0 aromatic carbocycles. The Kier molecular flexibility index (Phi) is 2.75. The van der Waals surface area contributed by atoms with Crippen LogP contribution in [0.25, 0.3) is 0 Å². The largest absolute Gasteiger partial charge is 0.325 e. The van der Waals surface area contributed by atoms with Crippen molar-refractivity contribution in [2.24, 2.45) is 5.73 Å². The third-order valence-electron chi connectivity index (χ3n) is 2.99. The fraction of sp³-hybridized carbons (Fsp3) is 0.545. The van der Waals surface area contributed by atoms with Crippen LogP contribution in [0.3, 0.4) is 0 Å². The Morgan fingerprint density at radius 2 is 2.19 bits per heavy atom. The molecule has 4 nitrogen and oxygen atoms in total. The highest BCUT2D eigenvalue weighted by Crippen LogP contribution is 2.36. The number of sulfone groups is 1. The lowest BCUT2D eigenvalue weighted by Crippen LogP contribution is -2.22. The van der Waals surface area contributed by atoms with Crippen LogP contribution >= 0.6 is 0 Å². The SMILES string of the molecule is CS(=O)(=O)c1ncccc1CCC1(N)CC1. The zero-order valence-electron chi connectivity index (χ0n) is 9.31. The summed E-state index contributed by atoms with van der Waals surface area (Å²) in [6.45, 7) is 0. The lowest BCUT2D eigenvalue weighted by Gasteiger charge is -2.10. The smallest absolute Gasteiger partial charge is 0.193 e. The molecule has 0 bridgehead atoms. The molecule has 5 heteroatoms. The van der Waals surface area contributed by atoms with Gasteiger partial charge in [-0.3, -0.25) is 0 Å². The van der Waals surface area contributed by atoms with Gasteiger partial charge >= 0.3 is 0 Å². The Morgan fingerprint density at radius 3 is 2.75 bits per heavy atom. The first-order valence-electron chi connectivity index (χ1n) is 5.34. The lowest BCUT2D eigenvalue weighted by atomic mass is 10.1. The van der Waals surface area contributed by atoms with Gasteiger partial charge in [0, 0.05) is 18.0 Å². The average molecular weight is 240 g/mol. The highest BCUT2D eigenvalue weighted by Gasteiger charge is 2.37. The molecule has 0 radical (unpaired) electrons. The number of nitrogens with zero attached hydrogens (tertiary/aromatic N) is 1. The van der Waals surface area contributed by atoms with Crippen molar-refractivity contribution in [1.82, 2.24) is 4.98 Å². The van der Waals surface area contributed by atoms with Gasteiger partial charge in [0.05, 0.1) is 0 Å². The van der Waals surface area contributed by atoms with Gasteiger partial charge in [0.2, 0.25) is 0 Å². The van der Waals surface area contributed by atoms with Gasteiger partial charge in [0.15, 0.2) is 14.9 Å². The number of aromatic nitrogens is 1. The summed E-state index contributed by atoms with van der Waals surface area (Å²) in [7, 11) is -3.23. The fourth-order valence-corrected chi connectivity index (χ4v) is 2.64. The van der Waals surface area contributed by atoms with E-state index in [2.05, 4.69) is 4.98 Å². The van der Waals surface area contributed by atoms with Gasteiger partial charge < -0.3 is 5.73 Å². The summed E-state index contributed by atoms with van der Waals surface area (Å²) in [6, 6.07) is 3.58. The van der Waals surface area contributed by atoms with Gasteiger partial charge in [0.1, 0.15) is 0 Å². The molecule has 1 saturated carbocycles. The van der Waals surface area contributed by atoms with Gasteiger partial charge in [-0.2, -0.15) is 0 Å². The van der Waals surface area contributed by atoms with E-state index in [1.807, 2.05) is 6.07 Å². The number of pyridine rings is 1. The third-order valence-corrected chi connectivity index (χ3v) is 4.06.